The highest BCUT2D eigenvalue weighted by atomic mass is 16.7. The number of nitrogens with one attached hydrogen (secondary N) is 1. The first-order chi connectivity index (χ1) is 33.8. The second-order valence-corrected chi connectivity index (χ2v) is 21.7. The quantitative estimate of drug-likeness (QED) is 0.0293. The highest BCUT2D eigenvalue weighted by Gasteiger charge is 2.44. The van der Waals surface area contributed by atoms with E-state index in [1.165, 1.54) is 244 Å². The molecule has 412 valence electrons. The number of unbranched alkanes of at least 4 members (excludes halogenated alkanes) is 42. The van der Waals surface area contributed by atoms with Gasteiger partial charge in [0.05, 0.1) is 25.4 Å². The van der Waals surface area contributed by atoms with Gasteiger partial charge in [-0.2, -0.15) is 0 Å². The van der Waals surface area contributed by atoms with Crippen molar-refractivity contribution >= 4 is 5.91 Å². The van der Waals surface area contributed by atoms with E-state index in [1.54, 1.807) is 0 Å². The molecule has 0 bridgehead atoms. The standard InChI is InChI=1S/C59H117NO9/c1-3-5-7-9-11-13-15-17-19-21-22-23-24-25-26-27-28-29-30-31-32-34-36-38-40-42-44-46-48-53(63)58(67)60-51(50-68-59-57(66)56(65)55(64)54(49-61)69-59)52(62)47-45-43-41-39-37-35-33-20-18-16-14-12-10-8-6-4-2/h51-57,59,61-66H,3-50H2,1-2H3,(H,60,67). The summed E-state index contributed by atoms with van der Waals surface area (Å²) in [4.78, 5) is 13.2. The highest BCUT2D eigenvalue weighted by molar-refractivity contribution is 5.80. The van der Waals surface area contributed by atoms with Crippen LogP contribution in [0.3, 0.4) is 0 Å². The first-order valence-corrected chi connectivity index (χ1v) is 30.3. The van der Waals surface area contributed by atoms with E-state index in [1.807, 2.05) is 0 Å². The lowest BCUT2D eigenvalue weighted by Crippen LogP contribution is -2.60. The summed E-state index contributed by atoms with van der Waals surface area (Å²) in [6, 6.07) is -0.889. The summed E-state index contributed by atoms with van der Waals surface area (Å²) < 4.78 is 11.2. The van der Waals surface area contributed by atoms with Crippen LogP contribution in [0.15, 0.2) is 0 Å². The lowest BCUT2D eigenvalue weighted by Gasteiger charge is -2.40. The van der Waals surface area contributed by atoms with E-state index in [-0.39, 0.29) is 6.61 Å². The fraction of sp³-hybridized carbons (Fsp3) is 0.983. The molecular formula is C59H117NO9. The van der Waals surface area contributed by atoms with Crippen LogP contribution in [0.1, 0.15) is 309 Å². The number of aliphatic hydroxyl groups excluding tert-OH is 6. The molecule has 1 heterocycles. The maximum absolute atomic E-state index is 13.2. The molecule has 1 aliphatic rings. The van der Waals surface area contributed by atoms with Crippen LogP contribution < -0.4 is 5.32 Å². The van der Waals surface area contributed by atoms with Crippen LogP contribution in [0.5, 0.6) is 0 Å². The van der Waals surface area contributed by atoms with Crippen molar-refractivity contribution in [2.24, 2.45) is 0 Å². The SMILES string of the molecule is CCCCCCCCCCCCCCCCCCCCCCCCCCCCCCC(O)C(=O)NC(COC1OC(CO)C(O)C(O)C1O)C(O)CCCCCCCCCCCCCCCCCC. The number of carbonyl (C=O) groups excluding carboxylic acids is 1. The van der Waals surface area contributed by atoms with Crippen LogP contribution in [0.25, 0.3) is 0 Å². The molecule has 1 aliphatic heterocycles. The molecule has 10 nitrogen and oxygen atoms in total. The molecule has 0 spiro atoms. The minimum absolute atomic E-state index is 0.249. The van der Waals surface area contributed by atoms with Gasteiger partial charge in [0.1, 0.15) is 30.5 Å². The Morgan fingerprint density at radius 3 is 1.03 bits per heavy atom. The van der Waals surface area contributed by atoms with Gasteiger partial charge in [0.15, 0.2) is 6.29 Å². The molecule has 0 aromatic heterocycles. The van der Waals surface area contributed by atoms with Crippen LogP contribution in [-0.4, -0.2) is 98.7 Å². The number of hydrogen-bond acceptors (Lipinski definition) is 9. The second-order valence-electron chi connectivity index (χ2n) is 21.7. The Balaban J connectivity index is 2.17. The van der Waals surface area contributed by atoms with Crippen molar-refractivity contribution in [3.05, 3.63) is 0 Å². The predicted octanol–water partition coefficient (Wildman–Crippen LogP) is 14.0. The minimum Gasteiger partial charge on any atom is -0.394 e. The Labute approximate surface area is 426 Å². The fourth-order valence-corrected chi connectivity index (χ4v) is 10.2. The minimum atomic E-state index is -1.59. The third kappa shape index (κ3) is 38.4. The third-order valence-electron chi connectivity index (χ3n) is 15.1. The molecule has 69 heavy (non-hydrogen) atoms. The fourth-order valence-electron chi connectivity index (χ4n) is 10.2. The molecule has 7 N–H and O–H groups in total. The lowest BCUT2D eigenvalue weighted by atomic mass is 9.99. The van der Waals surface area contributed by atoms with E-state index in [4.69, 9.17) is 9.47 Å². The molecule has 8 unspecified atom stereocenters. The molecule has 1 fully saturated rings. The van der Waals surface area contributed by atoms with Crippen LogP contribution in [0.4, 0.5) is 0 Å². The topological polar surface area (TPSA) is 169 Å². The second kappa shape index (κ2) is 49.4. The van der Waals surface area contributed by atoms with Crippen molar-refractivity contribution < 1.29 is 44.9 Å². The third-order valence-corrected chi connectivity index (χ3v) is 15.1. The lowest BCUT2D eigenvalue weighted by molar-refractivity contribution is -0.302. The molecule has 0 aromatic rings. The molecule has 1 amide bonds. The molecule has 0 radical (unpaired) electrons. The maximum atomic E-state index is 13.2. The highest BCUT2D eigenvalue weighted by Crippen LogP contribution is 2.24. The van der Waals surface area contributed by atoms with E-state index in [0.717, 1.165) is 38.5 Å². The Morgan fingerprint density at radius 2 is 0.725 bits per heavy atom. The molecule has 10 heteroatoms. The summed E-state index contributed by atoms with van der Waals surface area (Å²) >= 11 is 0. The van der Waals surface area contributed by atoms with Crippen molar-refractivity contribution in [3.8, 4) is 0 Å². The number of hydrogen-bond donors (Lipinski definition) is 7. The smallest absolute Gasteiger partial charge is 0.249 e. The van der Waals surface area contributed by atoms with Gasteiger partial charge in [0, 0.05) is 0 Å². The summed E-state index contributed by atoms with van der Waals surface area (Å²) in [5, 5.41) is 65.3. The number of amides is 1. The first kappa shape index (κ1) is 66.2. The van der Waals surface area contributed by atoms with Gasteiger partial charge in [0.2, 0.25) is 5.91 Å². The monoisotopic (exact) mass is 984 g/mol. The number of carbonyl (C=O) groups is 1. The normalized spacial score (nSPS) is 19.8. The van der Waals surface area contributed by atoms with Crippen molar-refractivity contribution in [2.75, 3.05) is 13.2 Å². The van der Waals surface area contributed by atoms with E-state index >= 15 is 0 Å². The summed E-state index contributed by atoms with van der Waals surface area (Å²) in [5.41, 5.74) is 0. The zero-order valence-corrected chi connectivity index (χ0v) is 45.5. The van der Waals surface area contributed by atoms with Crippen LogP contribution in [0.2, 0.25) is 0 Å². The van der Waals surface area contributed by atoms with Gasteiger partial charge < -0.3 is 45.4 Å². The largest absolute Gasteiger partial charge is 0.394 e. The molecule has 1 saturated heterocycles. The number of ether oxygens (including phenoxy) is 2. The van der Waals surface area contributed by atoms with Gasteiger partial charge in [-0.05, 0) is 12.8 Å². The van der Waals surface area contributed by atoms with Crippen molar-refractivity contribution in [1.29, 1.82) is 0 Å². The van der Waals surface area contributed by atoms with Gasteiger partial charge in [-0.25, -0.2) is 0 Å². The average Bonchev–Trinajstić information content (AvgIpc) is 3.35. The molecule has 8 atom stereocenters. The Kier molecular flexibility index (Phi) is 47.3. The summed E-state index contributed by atoms with van der Waals surface area (Å²) in [5.74, 6) is -0.576. The molecule has 0 saturated carbocycles. The molecular weight excluding hydrogens is 867 g/mol. The van der Waals surface area contributed by atoms with Gasteiger partial charge in [0.25, 0.3) is 0 Å². The van der Waals surface area contributed by atoms with Gasteiger partial charge >= 0.3 is 0 Å². The zero-order valence-electron chi connectivity index (χ0n) is 45.5. The molecule has 1 rings (SSSR count). The van der Waals surface area contributed by atoms with Gasteiger partial charge in [-0.1, -0.05) is 296 Å². The van der Waals surface area contributed by atoms with Crippen molar-refractivity contribution in [2.45, 2.75) is 358 Å². The number of aliphatic hydroxyl groups is 6. The van der Waals surface area contributed by atoms with Crippen LogP contribution in [0, 0.1) is 0 Å². The first-order valence-electron chi connectivity index (χ1n) is 30.3. The van der Waals surface area contributed by atoms with Crippen LogP contribution >= 0.6 is 0 Å². The molecule has 0 aromatic carbocycles. The van der Waals surface area contributed by atoms with Gasteiger partial charge in [-0.3, -0.25) is 4.79 Å². The average molecular weight is 985 g/mol. The Bertz CT molecular complexity index is 1070. The predicted molar refractivity (Wildman–Crippen MR) is 287 cm³/mol. The van der Waals surface area contributed by atoms with Crippen molar-refractivity contribution in [3.63, 3.8) is 0 Å². The van der Waals surface area contributed by atoms with E-state index in [2.05, 4.69) is 19.2 Å². The van der Waals surface area contributed by atoms with E-state index in [0.29, 0.717) is 12.8 Å². The Hall–Kier alpha value is -0.850. The van der Waals surface area contributed by atoms with Crippen molar-refractivity contribution in [1.82, 2.24) is 5.32 Å². The number of rotatable bonds is 53. The maximum Gasteiger partial charge on any atom is 0.249 e. The summed E-state index contributed by atoms with van der Waals surface area (Å²) in [6.45, 7) is 3.72. The van der Waals surface area contributed by atoms with E-state index < -0.39 is 61.5 Å². The summed E-state index contributed by atoms with van der Waals surface area (Å²) in [7, 11) is 0. The molecule has 0 aliphatic carbocycles. The summed E-state index contributed by atoms with van der Waals surface area (Å²) in [6.07, 6.45) is 48.9. The van der Waals surface area contributed by atoms with E-state index in [9.17, 15) is 35.4 Å². The van der Waals surface area contributed by atoms with Gasteiger partial charge in [-0.15, -0.1) is 0 Å². The Morgan fingerprint density at radius 1 is 0.435 bits per heavy atom. The van der Waals surface area contributed by atoms with Crippen LogP contribution in [-0.2, 0) is 14.3 Å². The zero-order chi connectivity index (χ0) is 50.3.